The molecule has 2 aromatic rings. The van der Waals surface area contributed by atoms with E-state index < -0.39 is 11.0 Å². The molecular weight excluding hydrogens is 344 g/mol. The van der Waals surface area contributed by atoms with Crippen LogP contribution in [0.25, 0.3) is 10.8 Å². The first-order valence-electron chi connectivity index (χ1n) is 10.4. The van der Waals surface area contributed by atoms with Crippen molar-refractivity contribution in [3.8, 4) is 0 Å². The molecular formula is C26H38O2. The molecule has 0 aliphatic heterocycles. The van der Waals surface area contributed by atoms with Gasteiger partial charge in [-0.3, -0.25) is 4.79 Å². The molecule has 0 amide bonds. The molecule has 0 spiro atoms. The first-order valence-corrected chi connectivity index (χ1v) is 10.4. The van der Waals surface area contributed by atoms with Gasteiger partial charge in [-0.1, -0.05) is 84.9 Å². The van der Waals surface area contributed by atoms with Crippen LogP contribution in [0.3, 0.4) is 0 Å². The van der Waals surface area contributed by atoms with Crippen LogP contribution in [0, 0.1) is 16.2 Å². The van der Waals surface area contributed by atoms with Crippen LogP contribution >= 0.6 is 0 Å². The third-order valence-corrected chi connectivity index (χ3v) is 6.34. The van der Waals surface area contributed by atoms with Crippen LogP contribution in [0.15, 0.2) is 42.5 Å². The molecule has 0 aliphatic rings. The molecule has 2 rings (SSSR count). The third kappa shape index (κ3) is 4.59. The van der Waals surface area contributed by atoms with Crippen molar-refractivity contribution in [2.75, 3.05) is 0 Å². The lowest BCUT2D eigenvalue weighted by Crippen LogP contribution is -2.46. The highest BCUT2D eigenvalue weighted by molar-refractivity contribution is 5.83. The average Bonchev–Trinajstić information content (AvgIpc) is 2.58. The van der Waals surface area contributed by atoms with Crippen LogP contribution in [-0.4, -0.2) is 5.97 Å². The van der Waals surface area contributed by atoms with Gasteiger partial charge in [0, 0.05) is 0 Å². The van der Waals surface area contributed by atoms with E-state index in [1.54, 1.807) is 0 Å². The van der Waals surface area contributed by atoms with Gasteiger partial charge in [0.15, 0.2) is 0 Å². The second-order valence-electron chi connectivity index (χ2n) is 10.9. The Morgan fingerprint density at radius 2 is 1.43 bits per heavy atom. The van der Waals surface area contributed by atoms with Crippen LogP contribution in [0.5, 0.6) is 0 Å². The van der Waals surface area contributed by atoms with Gasteiger partial charge < -0.3 is 4.74 Å². The number of esters is 1. The molecule has 2 heteroatoms. The first kappa shape index (κ1) is 22.5. The fourth-order valence-electron chi connectivity index (χ4n) is 3.87. The SMILES string of the molecule is CCC(C)(OC(=O)C(C)(CC(C)(C)C)C(C)(C)C)c1ccc2ccccc2c1. The van der Waals surface area contributed by atoms with E-state index in [-0.39, 0.29) is 16.8 Å². The summed E-state index contributed by atoms with van der Waals surface area (Å²) >= 11 is 0. The lowest BCUT2D eigenvalue weighted by atomic mass is 9.61. The Bertz CT molecular complexity index is 837. The van der Waals surface area contributed by atoms with Crippen LogP contribution in [0.4, 0.5) is 0 Å². The summed E-state index contributed by atoms with van der Waals surface area (Å²) in [5.74, 6) is -0.104. The molecule has 0 radical (unpaired) electrons. The standard InChI is InChI=1S/C26H38O2/c1-10-26(9,21-16-15-19-13-11-12-14-20(19)17-21)28-22(27)25(8,24(5,6)7)18-23(2,3)4/h11-17H,10,18H2,1-9H3. The molecule has 0 saturated heterocycles. The Morgan fingerprint density at radius 1 is 0.857 bits per heavy atom. The summed E-state index contributed by atoms with van der Waals surface area (Å²) in [5, 5.41) is 2.37. The minimum atomic E-state index is -0.647. The average molecular weight is 383 g/mol. The van der Waals surface area contributed by atoms with Crippen molar-refractivity contribution in [3.05, 3.63) is 48.0 Å². The van der Waals surface area contributed by atoms with Crippen molar-refractivity contribution in [3.63, 3.8) is 0 Å². The minimum absolute atomic E-state index is 0.0343. The van der Waals surface area contributed by atoms with Crippen LogP contribution in [0.1, 0.15) is 80.7 Å². The van der Waals surface area contributed by atoms with Gasteiger partial charge >= 0.3 is 5.97 Å². The van der Waals surface area contributed by atoms with Gasteiger partial charge in [-0.25, -0.2) is 0 Å². The van der Waals surface area contributed by atoms with Gasteiger partial charge in [-0.15, -0.1) is 0 Å². The predicted octanol–water partition coefficient (Wildman–Crippen LogP) is 7.50. The van der Waals surface area contributed by atoms with Crippen LogP contribution in [-0.2, 0) is 15.1 Å². The molecule has 0 aromatic heterocycles. The third-order valence-electron chi connectivity index (χ3n) is 6.34. The van der Waals surface area contributed by atoms with Gasteiger partial charge in [-0.05, 0) is 59.9 Å². The summed E-state index contributed by atoms with van der Waals surface area (Å²) in [7, 11) is 0. The van der Waals surface area contributed by atoms with Crippen LogP contribution < -0.4 is 0 Å². The van der Waals surface area contributed by atoms with Gasteiger partial charge in [0.25, 0.3) is 0 Å². The number of rotatable bonds is 5. The fourth-order valence-corrected chi connectivity index (χ4v) is 3.87. The molecule has 154 valence electrons. The zero-order chi connectivity index (χ0) is 21.4. The first-order chi connectivity index (χ1) is 12.7. The lowest BCUT2D eigenvalue weighted by Gasteiger charge is -2.45. The maximum absolute atomic E-state index is 13.6. The molecule has 2 aromatic carbocycles. The molecule has 0 N–H and O–H groups in total. The molecule has 0 aliphatic carbocycles. The molecule has 0 saturated carbocycles. The van der Waals surface area contributed by atoms with Crippen molar-refractivity contribution in [2.24, 2.45) is 16.2 Å². The summed E-state index contributed by atoms with van der Waals surface area (Å²) in [4.78, 5) is 13.6. The number of hydrogen-bond acceptors (Lipinski definition) is 2. The summed E-state index contributed by atoms with van der Waals surface area (Å²) < 4.78 is 6.32. The number of carbonyl (C=O) groups is 1. The Morgan fingerprint density at radius 3 is 1.93 bits per heavy atom. The predicted molar refractivity (Wildman–Crippen MR) is 119 cm³/mol. The van der Waals surface area contributed by atoms with E-state index in [0.717, 1.165) is 18.4 Å². The monoisotopic (exact) mass is 382 g/mol. The van der Waals surface area contributed by atoms with Gasteiger partial charge in [0.1, 0.15) is 5.60 Å². The van der Waals surface area contributed by atoms with E-state index in [1.807, 2.05) is 19.1 Å². The second-order valence-corrected chi connectivity index (χ2v) is 10.9. The normalized spacial score (nSPS) is 17.0. The molecule has 0 bridgehead atoms. The van der Waals surface area contributed by atoms with Crippen molar-refractivity contribution in [2.45, 2.75) is 80.8 Å². The van der Waals surface area contributed by atoms with Crippen molar-refractivity contribution in [1.29, 1.82) is 0 Å². The van der Waals surface area contributed by atoms with E-state index in [1.165, 1.54) is 10.8 Å². The molecule has 2 atom stereocenters. The Labute approximate surface area is 171 Å². The minimum Gasteiger partial charge on any atom is -0.454 e. The second kappa shape index (κ2) is 7.54. The van der Waals surface area contributed by atoms with Crippen molar-refractivity contribution in [1.82, 2.24) is 0 Å². The molecule has 0 heterocycles. The lowest BCUT2D eigenvalue weighted by molar-refractivity contribution is -0.181. The smallest absolute Gasteiger partial charge is 0.313 e. The van der Waals surface area contributed by atoms with Crippen LogP contribution in [0.2, 0.25) is 0 Å². The summed E-state index contributed by atoms with van der Waals surface area (Å²) in [6.45, 7) is 19.2. The highest BCUT2D eigenvalue weighted by Crippen LogP contribution is 2.49. The maximum Gasteiger partial charge on any atom is 0.313 e. The molecule has 0 fully saturated rings. The zero-order valence-electron chi connectivity index (χ0n) is 19.3. The Hall–Kier alpha value is -1.83. The number of ether oxygens (including phenoxy) is 1. The summed E-state index contributed by atoms with van der Waals surface area (Å²) in [6.07, 6.45) is 1.51. The van der Waals surface area contributed by atoms with E-state index in [4.69, 9.17) is 4.74 Å². The highest BCUT2D eigenvalue weighted by atomic mass is 16.6. The number of carbonyl (C=O) groups excluding carboxylic acids is 1. The topological polar surface area (TPSA) is 26.3 Å². The number of hydrogen-bond donors (Lipinski definition) is 0. The summed E-state index contributed by atoms with van der Waals surface area (Å²) in [5.41, 5.74) is -0.333. The summed E-state index contributed by atoms with van der Waals surface area (Å²) in [6, 6.07) is 14.7. The fraction of sp³-hybridized carbons (Fsp3) is 0.577. The largest absolute Gasteiger partial charge is 0.454 e. The van der Waals surface area contributed by atoms with Crippen molar-refractivity contribution < 1.29 is 9.53 Å². The molecule has 2 unspecified atom stereocenters. The molecule has 28 heavy (non-hydrogen) atoms. The van der Waals surface area contributed by atoms with E-state index >= 15 is 0 Å². The van der Waals surface area contributed by atoms with Gasteiger partial charge in [-0.2, -0.15) is 0 Å². The molecule has 2 nitrogen and oxygen atoms in total. The maximum atomic E-state index is 13.6. The number of benzene rings is 2. The van der Waals surface area contributed by atoms with E-state index in [2.05, 4.69) is 85.7 Å². The Balaban J connectivity index is 2.43. The van der Waals surface area contributed by atoms with E-state index in [9.17, 15) is 4.79 Å². The zero-order valence-corrected chi connectivity index (χ0v) is 19.3. The quantitative estimate of drug-likeness (QED) is 0.500. The van der Waals surface area contributed by atoms with Gasteiger partial charge in [0.2, 0.25) is 0 Å². The van der Waals surface area contributed by atoms with Gasteiger partial charge in [0.05, 0.1) is 5.41 Å². The van der Waals surface area contributed by atoms with E-state index in [0.29, 0.717) is 0 Å². The number of fused-ring (bicyclic) bond motifs is 1. The highest BCUT2D eigenvalue weighted by Gasteiger charge is 2.49. The Kier molecular flexibility index (Phi) is 6.05. The van der Waals surface area contributed by atoms with Crippen molar-refractivity contribution >= 4 is 16.7 Å².